The molecule has 2 N–H and O–H groups in total. The normalized spacial score (nSPS) is 10.6. The molecule has 1 amide bonds. The van der Waals surface area contributed by atoms with Crippen LogP contribution in [0.1, 0.15) is 11.1 Å². The van der Waals surface area contributed by atoms with E-state index in [0.29, 0.717) is 11.3 Å². The molecule has 6 heteroatoms. The number of nitrogens with zero attached hydrogens (tertiary/aromatic N) is 1. The fraction of sp³-hybridized carbons (Fsp3) is 0.125. The van der Waals surface area contributed by atoms with Crippen LogP contribution in [0.25, 0.3) is 0 Å². The Labute approximate surface area is 136 Å². The molecule has 22 heavy (non-hydrogen) atoms. The van der Waals surface area contributed by atoms with Crippen LogP contribution in [0, 0.1) is 6.92 Å². The van der Waals surface area contributed by atoms with Crippen LogP contribution in [0.3, 0.4) is 0 Å². The topological polar surface area (TPSA) is 70.9 Å². The van der Waals surface area contributed by atoms with E-state index in [4.69, 9.17) is 9.94 Å². The summed E-state index contributed by atoms with van der Waals surface area (Å²) in [6.07, 6.45) is 1.25. The second-order valence-corrected chi connectivity index (χ2v) is 5.49. The molecular weight excluding hydrogens is 348 g/mol. The lowest BCUT2D eigenvalue weighted by Gasteiger charge is -2.11. The number of ether oxygens (including phenoxy) is 1. The number of halogens is 1. The van der Waals surface area contributed by atoms with E-state index in [1.165, 1.54) is 6.21 Å². The summed E-state index contributed by atoms with van der Waals surface area (Å²) in [6.45, 7) is 1.78. The average Bonchev–Trinajstić information content (AvgIpc) is 2.49. The standard InChI is InChI=1S/C16H15BrN2O3/c1-11-4-2-3-5-14(11)19-16(20)10-22-15-7-6-13(17)8-12(15)9-18-21/h2-9,21H,10H2,1H3,(H,19,20). The Morgan fingerprint density at radius 1 is 1.36 bits per heavy atom. The van der Waals surface area contributed by atoms with Gasteiger partial charge >= 0.3 is 0 Å². The van der Waals surface area contributed by atoms with Crippen molar-refractivity contribution < 1.29 is 14.7 Å². The summed E-state index contributed by atoms with van der Waals surface area (Å²) >= 11 is 3.32. The van der Waals surface area contributed by atoms with Gasteiger partial charge in [0.1, 0.15) is 5.75 Å². The maximum atomic E-state index is 11.9. The van der Waals surface area contributed by atoms with Crippen LogP contribution in [0.4, 0.5) is 5.69 Å². The zero-order valence-electron chi connectivity index (χ0n) is 11.9. The van der Waals surface area contributed by atoms with Crippen LogP contribution in [-0.2, 0) is 4.79 Å². The van der Waals surface area contributed by atoms with Crippen LogP contribution in [0.15, 0.2) is 52.1 Å². The maximum absolute atomic E-state index is 11.9. The Morgan fingerprint density at radius 3 is 2.86 bits per heavy atom. The molecule has 2 aromatic carbocycles. The van der Waals surface area contributed by atoms with E-state index in [9.17, 15) is 4.79 Å². The monoisotopic (exact) mass is 362 g/mol. The maximum Gasteiger partial charge on any atom is 0.262 e. The lowest BCUT2D eigenvalue weighted by Crippen LogP contribution is -2.21. The molecule has 0 aliphatic rings. The summed E-state index contributed by atoms with van der Waals surface area (Å²) in [5.41, 5.74) is 2.30. The number of rotatable bonds is 5. The molecule has 114 valence electrons. The number of oxime groups is 1. The van der Waals surface area contributed by atoms with Gasteiger partial charge in [-0.3, -0.25) is 4.79 Å². The molecule has 0 saturated carbocycles. The predicted molar refractivity (Wildman–Crippen MR) is 88.8 cm³/mol. The van der Waals surface area contributed by atoms with Gasteiger partial charge in [0.2, 0.25) is 0 Å². The van der Waals surface area contributed by atoms with Crippen LogP contribution < -0.4 is 10.1 Å². The molecule has 0 spiro atoms. The number of anilines is 1. The van der Waals surface area contributed by atoms with E-state index in [0.717, 1.165) is 15.7 Å². The molecule has 0 unspecified atom stereocenters. The summed E-state index contributed by atoms with van der Waals surface area (Å²) in [4.78, 5) is 11.9. The summed E-state index contributed by atoms with van der Waals surface area (Å²) in [7, 11) is 0. The number of amides is 1. The molecule has 0 aliphatic heterocycles. The molecule has 5 nitrogen and oxygen atoms in total. The lowest BCUT2D eigenvalue weighted by atomic mass is 10.2. The van der Waals surface area contributed by atoms with Gasteiger partial charge in [0, 0.05) is 15.7 Å². The number of benzene rings is 2. The third-order valence-electron chi connectivity index (χ3n) is 2.95. The highest BCUT2D eigenvalue weighted by Gasteiger charge is 2.08. The first-order valence-electron chi connectivity index (χ1n) is 6.55. The van der Waals surface area contributed by atoms with Crippen LogP contribution in [0.5, 0.6) is 5.75 Å². The van der Waals surface area contributed by atoms with Crippen molar-refractivity contribution in [2.45, 2.75) is 6.92 Å². The Kier molecular flexibility index (Phi) is 5.55. The predicted octanol–water partition coefficient (Wildman–Crippen LogP) is 3.58. The number of carbonyl (C=O) groups is 1. The molecule has 0 aromatic heterocycles. The summed E-state index contributed by atoms with van der Waals surface area (Å²) in [5, 5.41) is 14.4. The van der Waals surface area contributed by atoms with Gasteiger partial charge in [0.25, 0.3) is 5.91 Å². The molecule has 0 atom stereocenters. The molecule has 0 radical (unpaired) electrons. The molecule has 2 rings (SSSR count). The Morgan fingerprint density at radius 2 is 2.14 bits per heavy atom. The van der Waals surface area contributed by atoms with Crippen LogP contribution in [-0.4, -0.2) is 23.9 Å². The van der Waals surface area contributed by atoms with E-state index in [1.807, 2.05) is 31.2 Å². The SMILES string of the molecule is Cc1ccccc1NC(=O)COc1ccc(Br)cc1C=NO. The van der Waals surface area contributed by atoms with Crippen LogP contribution in [0.2, 0.25) is 0 Å². The first-order valence-corrected chi connectivity index (χ1v) is 7.34. The summed E-state index contributed by atoms with van der Waals surface area (Å²) < 4.78 is 6.30. The van der Waals surface area contributed by atoms with Crippen molar-refractivity contribution in [2.24, 2.45) is 5.16 Å². The first-order chi connectivity index (χ1) is 10.6. The molecule has 0 bridgehead atoms. The van der Waals surface area contributed by atoms with Crippen molar-refractivity contribution in [2.75, 3.05) is 11.9 Å². The second-order valence-electron chi connectivity index (χ2n) is 4.58. The number of hydrogen-bond acceptors (Lipinski definition) is 4. The van der Waals surface area contributed by atoms with Crippen molar-refractivity contribution in [1.82, 2.24) is 0 Å². The number of carbonyl (C=O) groups excluding carboxylic acids is 1. The highest BCUT2D eigenvalue weighted by Crippen LogP contribution is 2.22. The number of para-hydroxylation sites is 1. The molecule has 0 aliphatic carbocycles. The first kappa shape index (κ1) is 16.0. The van der Waals surface area contributed by atoms with Crippen molar-refractivity contribution in [1.29, 1.82) is 0 Å². The quantitative estimate of drug-likeness (QED) is 0.485. The highest BCUT2D eigenvalue weighted by atomic mass is 79.9. The van der Waals surface area contributed by atoms with Gasteiger partial charge in [-0.25, -0.2) is 0 Å². The van der Waals surface area contributed by atoms with E-state index >= 15 is 0 Å². The minimum absolute atomic E-state index is 0.137. The minimum atomic E-state index is -0.260. The van der Waals surface area contributed by atoms with E-state index in [1.54, 1.807) is 18.2 Å². The number of aryl methyl sites for hydroxylation is 1. The van der Waals surface area contributed by atoms with Crippen LogP contribution >= 0.6 is 15.9 Å². The smallest absolute Gasteiger partial charge is 0.262 e. The van der Waals surface area contributed by atoms with Gasteiger partial charge in [-0.2, -0.15) is 0 Å². The number of hydrogen-bond donors (Lipinski definition) is 2. The van der Waals surface area contributed by atoms with Gasteiger partial charge in [-0.15, -0.1) is 0 Å². The Balaban J connectivity index is 2.01. The van der Waals surface area contributed by atoms with Crippen molar-refractivity contribution in [3.63, 3.8) is 0 Å². The van der Waals surface area contributed by atoms with Crippen molar-refractivity contribution in [3.05, 3.63) is 58.1 Å². The second kappa shape index (κ2) is 7.61. The van der Waals surface area contributed by atoms with Crippen molar-refractivity contribution >= 4 is 33.7 Å². The van der Waals surface area contributed by atoms with E-state index < -0.39 is 0 Å². The third-order valence-corrected chi connectivity index (χ3v) is 3.44. The molecule has 0 saturated heterocycles. The fourth-order valence-corrected chi connectivity index (χ4v) is 2.24. The third kappa shape index (κ3) is 4.33. The minimum Gasteiger partial charge on any atom is -0.483 e. The fourth-order valence-electron chi connectivity index (χ4n) is 1.86. The molecule has 0 fully saturated rings. The Hall–Kier alpha value is -2.34. The van der Waals surface area contributed by atoms with Gasteiger partial charge in [0.05, 0.1) is 6.21 Å². The van der Waals surface area contributed by atoms with Gasteiger partial charge in [-0.1, -0.05) is 39.3 Å². The molecule has 2 aromatic rings. The van der Waals surface area contributed by atoms with Gasteiger partial charge in [-0.05, 0) is 36.8 Å². The average molecular weight is 363 g/mol. The number of nitrogens with one attached hydrogen (secondary N) is 1. The summed E-state index contributed by atoms with van der Waals surface area (Å²) in [5.74, 6) is 0.199. The van der Waals surface area contributed by atoms with E-state index in [2.05, 4.69) is 26.4 Å². The van der Waals surface area contributed by atoms with Crippen molar-refractivity contribution in [3.8, 4) is 5.75 Å². The molecule has 0 heterocycles. The largest absolute Gasteiger partial charge is 0.483 e. The lowest BCUT2D eigenvalue weighted by molar-refractivity contribution is -0.118. The van der Waals surface area contributed by atoms with Gasteiger partial charge in [0.15, 0.2) is 6.61 Å². The zero-order valence-corrected chi connectivity index (χ0v) is 13.5. The highest BCUT2D eigenvalue weighted by molar-refractivity contribution is 9.10. The van der Waals surface area contributed by atoms with E-state index in [-0.39, 0.29) is 12.5 Å². The molecular formula is C16H15BrN2O3. The zero-order chi connectivity index (χ0) is 15.9. The summed E-state index contributed by atoms with van der Waals surface area (Å²) in [6, 6.07) is 12.7. The Bertz CT molecular complexity index is 702. The van der Waals surface area contributed by atoms with Gasteiger partial charge < -0.3 is 15.3 Å².